The van der Waals surface area contributed by atoms with Crippen molar-refractivity contribution in [1.29, 1.82) is 0 Å². The monoisotopic (exact) mass is 264 g/mol. The van der Waals surface area contributed by atoms with Crippen LogP contribution >= 0.6 is 0 Å². The van der Waals surface area contributed by atoms with Gasteiger partial charge in [-0.2, -0.15) is 0 Å². The van der Waals surface area contributed by atoms with E-state index < -0.39 is 0 Å². The Labute approximate surface area is 117 Å². The molecule has 1 fully saturated rings. The van der Waals surface area contributed by atoms with Crippen LogP contribution in [0.2, 0.25) is 0 Å². The number of pyridine rings is 1. The van der Waals surface area contributed by atoms with E-state index >= 15 is 0 Å². The molecule has 0 atom stereocenters. The van der Waals surface area contributed by atoms with Gasteiger partial charge in [0.1, 0.15) is 11.4 Å². The maximum absolute atomic E-state index is 5.32. The molecule has 1 saturated carbocycles. The van der Waals surface area contributed by atoms with Crippen molar-refractivity contribution in [1.82, 2.24) is 9.97 Å². The fourth-order valence-electron chi connectivity index (χ4n) is 2.81. The minimum Gasteiger partial charge on any atom is -0.495 e. The van der Waals surface area contributed by atoms with Gasteiger partial charge in [0.2, 0.25) is 0 Å². The summed E-state index contributed by atoms with van der Waals surface area (Å²) in [6, 6.07) is 12.6. The smallest absolute Gasteiger partial charge is 0.138 e. The highest BCUT2D eigenvalue weighted by atomic mass is 16.5. The van der Waals surface area contributed by atoms with Crippen molar-refractivity contribution in [2.75, 3.05) is 7.11 Å². The quantitative estimate of drug-likeness (QED) is 0.772. The van der Waals surface area contributed by atoms with E-state index in [1.54, 1.807) is 13.3 Å². The molecule has 0 saturated heterocycles. The van der Waals surface area contributed by atoms with Crippen LogP contribution in [0.3, 0.4) is 0 Å². The molecule has 3 aromatic rings. The lowest BCUT2D eigenvalue weighted by Crippen LogP contribution is -1.85. The van der Waals surface area contributed by atoms with Gasteiger partial charge in [-0.15, -0.1) is 0 Å². The van der Waals surface area contributed by atoms with E-state index in [1.807, 2.05) is 6.07 Å². The molecular formula is C17H16N2O. The standard InChI is InChI=1S/C17H16N2O/c1-20-13-9-14-15(11-7-8-11)16(19-17(14)18-10-13)12-5-3-2-4-6-12/h2-6,9-11H,7-8H2,1H3,(H,18,19). The lowest BCUT2D eigenvalue weighted by molar-refractivity contribution is 0.413. The first-order valence-electron chi connectivity index (χ1n) is 6.98. The van der Waals surface area contributed by atoms with E-state index in [2.05, 4.69) is 40.3 Å². The number of aromatic nitrogens is 2. The number of hydrogen-bond acceptors (Lipinski definition) is 2. The van der Waals surface area contributed by atoms with Gasteiger partial charge < -0.3 is 9.72 Å². The normalized spacial score (nSPS) is 14.7. The molecule has 0 bridgehead atoms. The molecule has 0 radical (unpaired) electrons. The average molecular weight is 264 g/mol. The number of H-pyrrole nitrogens is 1. The zero-order chi connectivity index (χ0) is 13.5. The number of nitrogens with one attached hydrogen (secondary N) is 1. The van der Waals surface area contributed by atoms with Crippen molar-refractivity contribution in [3.8, 4) is 17.0 Å². The molecule has 0 aliphatic heterocycles. The first-order chi connectivity index (χ1) is 9.86. The molecule has 0 amide bonds. The Morgan fingerprint density at radius 1 is 1.20 bits per heavy atom. The number of aromatic amines is 1. The molecule has 3 heteroatoms. The molecule has 1 aliphatic rings. The fraction of sp³-hybridized carbons (Fsp3) is 0.235. The molecule has 0 spiro atoms. The van der Waals surface area contributed by atoms with E-state index in [-0.39, 0.29) is 0 Å². The number of fused-ring (bicyclic) bond motifs is 1. The first kappa shape index (κ1) is 11.5. The van der Waals surface area contributed by atoms with E-state index in [0.29, 0.717) is 5.92 Å². The van der Waals surface area contributed by atoms with E-state index in [1.165, 1.54) is 35.0 Å². The molecule has 100 valence electrons. The van der Waals surface area contributed by atoms with Crippen LogP contribution in [-0.2, 0) is 0 Å². The van der Waals surface area contributed by atoms with Crippen molar-refractivity contribution in [3.63, 3.8) is 0 Å². The summed E-state index contributed by atoms with van der Waals surface area (Å²) in [6.45, 7) is 0. The topological polar surface area (TPSA) is 37.9 Å². The van der Waals surface area contributed by atoms with Crippen LogP contribution in [0, 0.1) is 0 Å². The number of hydrogen-bond donors (Lipinski definition) is 1. The fourth-order valence-corrected chi connectivity index (χ4v) is 2.81. The van der Waals surface area contributed by atoms with Crippen LogP contribution < -0.4 is 4.74 Å². The Hall–Kier alpha value is -2.29. The van der Waals surface area contributed by atoms with Gasteiger partial charge >= 0.3 is 0 Å². The highest BCUT2D eigenvalue weighted by molar-refractivity contribution is 5.90. The van der Waals surface area contributed by atoms with Gasteiger partial charge in [0.05, 0.1) is 19.0 Å². The summed E-state index contributed by atoms with van der Waals surface area (Å²) in [5, 5.41) is 1.20. The molecule has 2 aromatic heterocycles. The second-order valence-electron chi connectivity index (χ2n) is 5.33. The van der Waals surface area contributed by atoms with Crippen LogP contribution in [0.5, 0.6) is 5.75 Å². The average Bonchev–Trinajstić information content (AvgIpc) is 3.27. The van der Waals surface area contributed by atoms with Crippen LogP contribution in [0.4, 0.5) is 0 Å². The number of ether oxygens (including phenoxy) is 1. The number of nitrogens with zero attached hydrogens (tertiary/aromatic N) is 1. The van der Waals surface area contributed by atoms with Crippen molar-refractivity contribution in [3.05, 3.63) is 48.2 Å². The molecule has 0 unspecified atom stereocenters. The minimum absolute atomic E-state index is 0.660. The summed E-state index contributed by atoms with van der Waals surface area (Å²) in [4.78, 5) is 7.97. The Morgan fingerprint density at radius 3 is 2.70 bits per heavy atom. The molecule has 1 N–H and O–H groups in total. The number of benzene rings is 1. The van der Waals surface area contributed by atoms with Crippen molar-refractivity contribution < 1.29 is 4.74 Å². The molecule has 2 heterocycles. The summed E-state index contributed by atoms with van der Waals surface area (Å²) >= 11 is 0. The largest absolute Gasteiger partial charge is 0.495 e. The van der Waals surface area contributed by atoms with Crippen LogP contribution in [-0.4, -0.2) is 17.1 Å². The van der Waals surface area contributed by atoms with Gasteiger partial charge in [-0.3, -0.25) is 0 Å². The first-order valence-corrected chi connectivity index (χ1v) is 6.98. The van der Waals surface area contributed by atoms with E-state index in [0.717, 1.165) is 11.4 Å². The summed E-state index contributed by atoms with van der Waals surface area (Å²) in [5.41, 5.74) is 4.79. The molecule has 1 aromatic carbocycles. The highest BCUT2D eigenvalue weighted by Gasteiger charge is 2.30. The van der Waals surface area contributed by atoms with Crippen molar-refractivity contribution in [2.24, 2.45) is 0 Å². The minimum atomic E-state index is 0.660. The SMILES string of the molecule is COc1cnc2[nH]c(-c3ccccc3)c(C3CC3)c2c1. The van der Waals surface area contributed by atoms with Crippen LogP contribution in [0.25, 0.3) is 22.3 Å². The molecule has 3 nitrogen and oxygen atoms in total. The zero-order valence-corrected chi connectivity index (χ0v) is 11.4. The Kier molecular flexibility index (Phi) is 2.52. The van der Waals surface area contributed by atoms with Gasteiger partial charge in [0.15, 0.2) is 0 Å². The van der Waals surface area contributed by atoms with Crippen LogP contribution in [0.15, 0.2) is 42.6 Å². The van der Waals surface area contributed by atoms with E-state index in [9.17, 15) is 0 Å². The van der Waals surface area contributed by atoms with Crippen molar-refractivity contribution in [2.45, 2.75) is 18.8 Å². The number of rotatable bonds is 3. The Balaban J connectivity index is 1.98. The highest BCUT2D eigenvalue weighted by Crippen LogP contribution is 2.47. The summed E-state index contributed by atoms with van der Waals surface area (Å²) in [6.07, 6.45) is 4.30. The summed E-state index contributed by atoms with van der Waals surface area (Å²) in [7, 11) is 1.68. The lowest BCUT2D eigenvalue weighted by Gasteiger charge is -2.03. The predicted octanol–water partition coefficient (Wildman–Crippen LogP) is 4.12. The molecule has 1 aliphatic carbocycles. The van der Waals surface area contributed by atoms with Crippen molar-refractivity contribution >= 4 is 11.0 Å². The van der Waals surface area contributed by atoms with Gasteiger partial charge in [0, 0.05) is 5.39 Å². The molecule has 4 rings (SSSR count). The van der Waals surface area contributed by atoms with E-state index in [4.69, 9.17) is 4.74 Å². The number of methoxy groups -OCH3 is 1. The maximum atomic E-state index is 5.32. The van der Waals surface area contributed by atoms with Gasteiger partial charge in [-0.05, 0) is 36.0 Å². The molecular weight excluding hydrogens is 248 g/mol. The second kappa shape index (κ2) is 4.37. The zero-order valence-electron chi connectivity index (χ0n) is 11.4. The Morgan fingerprint density at radius 2 is 2.00 bits per heavy atom. The third-order valence-corrected chi connectivity index (χ3v) is 3.95. The molecule has 20 heavy (non-hydrogen) atoms. The summed E-state index contributed by atoms with van der Waals surface area (Å²) in [5.74, 6) is 1.48. The Bertz CT molecular complexity index is 757. The lowest BCUT2D eigenvalue weighted by atomic mass is 10.0. The van der Waals surface area contributed by atoms with Crippen LogP contribution in [0.1, 0.15) is 24.3 Å². The van der Waals surface area contributed by atoms with Gasteiger partial charge in [-0.25, -0.2) is 4.98 Å². The third kappa shape index (κ3) is 1.78. The predicted molar refractivity (Wildman–Crippen MR) is 80.1 cm³/mol. The third-order valence-electron chi connectivity index (χ3n) is 3.95. The summed E-state index contributed by atoms with van der Waals surface area (Å²) < 4.78 is 5.32. The maximum Gasteiger partial charge on any atom is 0.138 e. The van der Waals surface area contributed by atoms with Gasteiger partial charge in [-0.1, -0.05) is 30.3 Å². The second-order valence-corrected chi connectivity index (χ2v) is 5.33. The van der Waals surface area contributed by atoms with Gasteiger partial charge in [0.25, 0.3) is 0 Å².